The monoisotopic (exact) mass is 967 g/mol. The molecule has 0 N–H and O–H groups in total. The third kappa shape index (κ3) is 24.9. The molecule has 12 unspecified atom stereocenters. The zero-order valence-electron chi connectivity index (χ0n) is 52.7. The molecule has 69 heavy (non-hydrogen) atoms. The van der Waals surface area contributed by atoms with Gasteiger partial charge in [0.2, 0.25) is 0 Å². The van der Waals surface area contributed by atoms with Crippen LogP contribution in [-0.2, 0) is 0 Å². The fourth-order valence-corrected chi connectivity index (χ4v) is 15.7. The van der Waals surface area contributed by atoms with Gasteiger partial charge in [0.05, 0.1) is 0 Å². The highest BCUT2D eigenvalue weighted by molar-refractivity contribution is 4.90. The van der Waals surface area contributed by atoms with E-state index in [1.54, 1.807) is 0 Å². The zero-order chi connectivity index (χ0) is 52.7. The van der Waals surface area contributed by atoms with Crippen LogP contribution in [-0.4, -0.2) is 0 Å². The number of hydrogen-bond donors (Lipinski definition) is 0. The first-order chi connectivity index (χ1) is 32.3. The molecule has 0 aromatic rings. The Hall–Kier alpha value is 0. The largest absolute Gasteiger partial charge is 0.0625 e. The van der Waals surface area contributed by atoms with E-state index in [2.05, 4.69) is 166 Å². The Morgan fingerprint density at radius 3 is 0.420 bits per heavy atom. The lowest BCUT2D eigenvalue weighted by Crippen LogP contribution is -2.33. The lowest BCUT2D eigenvalue weighted by molar-refractivity contribution is 0.0793. The third-order valence-corrected chi connectivity index (χ3v) is 20.5. The van der Waals surface area contributed by atoms with Gasteiger partial charge >= 0.3 is 0 Å². The summed E-state index contributed by atoms with van der Waals surface area (Å²) in [6, 6.07) is 0. The predicted molar refractivity (Wildman–Crippen MR) is 317 cm³/mol. The summed E-state index contributed by atoms with van der Waals surface area (Å²) in [6.07, 6.45) is 31.1. The summed E-state index contributed by atoms with van der Waals surface area (Å²) < 4.78 is 0. The predicted octanol–water partition coefficient (Wildman–Crippen LogP) is 23.5. The highest BCUT2D eigenvalue weighted by Crippen LogP contribution is 2.49. The molecule has 6 fully saturated rings. The Bertz CT molecular complexity index is 1100. The molecule has 0 heteroatoms. The van der Waals surface area contributed by atoms with Crippen LogP contribution in [0.3, 0.4) is 0 Å². The Kier molecular flexibility index (Phi) is 34.3. The molecule has 0 spiro atoms. The van der Waals surface area contributed by atoms with Crippen molar-refractivity contribution in [2.75, 3.05) is 0 Å². The molecule has 12 atom stereocenters. The van der Waals surface area contributed by atoms with Crippen molar-refractivity contribution in [3.05, 3.63) is 0 Å². The topological polar surface area (TPSA) is 0 Å². The van der Waals surface area contributed by atoms with Crippen LogP contribution in [0, 0.1) is 142 Å². The molecule has 6 aliphatic carbocycles. The van der Waals surface area contributed by atoms with Crippen LogP contribution in [0.5, 0.6) is 0 Å². The molecule has 0 aromatic heterocycles. The molecule has 0 amide bonds. The second-order valence-corrected chi connectivity index (χ2v) is 29.6. The van der Waals surface area contributed by atoms with Crippen molar-refractivity contribution in [2.45, 2.75) is 301 Å². The maximum atomic E-state index is 2.42. The number of rotatable bonds is 12. The summed E-state index contributed by atoms with van der Waals surface area (Å²) in [5, 5.41) is 0. The van der Waals surface area contributed by atoms with Gasteiger partial charge in [-0.3, -0.25) is 0 Å². The van der Waals surface area contributed by atoms with Gasteiger partial charge in [-0.05, 0) is 213 Å². The van der Waals surface area contributed by atoms with E-state index in [9.17, 15) is 0 Å². The van der Waals surface area contributed by atoms with Crippen LogP contribution < -0.4 is 0 Å². The van der Waals surface area contributed by atoms with Crippen molar-refractivity contribution >= 4 is 0 Å². The van der Waals surface area contributed by atoms with Gasteiger partial charge in [0.15, 0.2) is 0 Å². The standard InChI is InChI=1S/C14H28.C13H26.C12H24.C11H22.C10H20.C9H18/c1-11(2)13-9-7-5-6-8-10-14(13)12(3)4;1-10(2)12-8-6-5-7-9-13(12)11(3)4;1-9(2)11-7-5-6-8-12(11)10(3)4;1-8(2)10-6-5-7-11(10)9(3)4;1-7(2)9-5-6-10(9)8(3)4;1-6(2)8-5-9(8)7(3)4/h11-14H,5-10H2,1-4H3;10-13H,5-9H2,1-4H3;9-12H,5-8H2,1-4H3;8-11H,5-7H2,1-4H3;7-10H,5-6H2,1-4H3;6-9H,5H2,1-4H3. The Labute approximate surface area is 441 Å². The van der Waals surface area contributed by atoms with Gasteiger partial charge in [0.1, 0.15) is 0 Å². The van der Waals surface area contributed by atoms with Gasteiger partial charge in [0, 0.05) is 0 Å². The molecule has 0 aromatic carbocycles. The van der Waals surface area contributed by atoms with E-state index < -0.39 is 0 Å². The normalized spacial score (nSPS) is 31.8. The molecular weight excluding hydrogens is 829 g/mol. The summed E-state index contributed by atoms with van der Waals surface area (Å²) in [7, 11) is 0. The van der Waals surface area contributed by atoms with E-state index >= 15 is 0 Å². The smallest absolute Gasteiger partial charge is 0.0357 e. The molecule has 6 aliphatic rings. The van der Waals surface area contributed by atoms with Crippen molar-refractivity contribution in [3.63, 3.8) is 0 Å². The first-order valence-corrected chi connectivity index (χ1v) is 32.3. The maximum Gasteiger partial charge on any atom is -0.0357 e. The molecule has 0 nitrogen and oxygen atoms in total. The first kappa shape index (κ1) is 67.0. The van der Waals surface area contributed by atoms with Crippen LogP contribution in [0.4, 0.5) is 0 Å². The second kappa shape index (κ2) is 35.3. The molecule has 0 bridgehead atoms. The number of hydrogen-bond acceptors (Lipinski definition) is 0. The molecule has 0 aliphatic heterocycles. The first-order valence-electron chi connectivity index (χ1n) is 32.3. The lowest BCUT2D eigenvalue weighted by atomic mass is 9.64. The molecule has 0 radical (unpaired) electrons. The van der Waals surface area contributed by atoms with Crippen molar-refractivity contribution in [2.24, 2.45) is 142 Å². The molecule has 6 rings (SSSR count). The van der Waals surface area contributed by atoms with Crippen molar-refractivity contribution in [1.29, 1.82) is 0 Å². The SMILES string of the molecule is CC(C)C1CC1C(C)C.CC(C)C1CCC1C(C)C.CC(C)C1CCCC1C(C)C.CC(C)C1CCCCC1C(C)C.CC(C)C1CCCCCC1C(C)C.CC(C)C1CCCCCCC1C(C)C. The Balaban J connectivity index is 0.000000416. The summed E-state index contributed by atoms with van der Waals surface area (Å²) in [6.45, 7) is 57.2. The van der Waals surface area contributed by atoms with Crippen LogP contribution in [0.2, 0.25) is 0 Å². The minimum absolute atomic E-state index is 0.889. The third-order valence-electron chi connectivity index (χ3n) is 20.5. The fraction of sp³-hybridized carbons (Fsp3) is 1.00. The van der Waals surface area contributed by atoms with Crippen molar-refractivity contribution < 1.29 is 0 Å². The average Bonchev–Trinajstić information content (AvgIpc) is 3.96. The van der Waals surface area contributed by atoms with Crippen LogP contribution >= 0.6 is 0 Å². The highest BCUT2D eigenvalue weighted by Gasteiger charge is 2.41. The van der Waals surface area contributed by atoms with Gasteiger partial charge < -0.3 is 0 Å². The minimum Gasteiger partial charge on any atom is -0.0625 e. The maximum absolute atomic E-state index is 2.42. The molecule has 414 valence electrons. The highest BCUT2D eigenvalue weighted by atomic mass is 14.5. The second-order valence-electron chi connectivity index (χ2n) is 29.6. The van der Waals surface area contributed by atoms with Gasteiger partial charge in [-0.25, -0.2) is 0 Å². The Morgan fingerprint density at radius 1 is 0.145 bits per heavy atom. The molecular formula is C69H138. The summed E-state index contributed by atoms with van der Waals surface area (Å²) >= 11 is 0. The van der Waals surface area contributed by atoms with Gasteiger partial charge in [-0.1, -0.05) is 230 Å². The van der Waals surface area contributed by atoms with E-state index in [1.165, 1.54) is 135 Å². The van der Waals surface area contributed by atoms with Crippen LogP contribution in [0.25, 0.3) is 0 Å². The van der Waals surface area contributed by atoms with E-state index in [1.807, 2.05) is 0 Å². The van der Waals surface area contributed by atoms with Gasteiger partial charge in [0.25, 0.3) is 0 Å². The zero-order valence-corrected chi connectivity index (χ0v) is 52.7. The average molecular weight is 968 g/mol. The summed E-state index contributed by atoms with van der Waals surface area (Å²) in [4.78, 5) is 0. The van der Waals surface area contributed by atoms with Crippen LogP contribution in [0.15, 0.2) is 0 Å². The van der Waals surface area contributed by atoms with Crippen molar-refractivity contribution in [3.8, 4) is 0 Å². The van der Waals surface area contributed by atoms with E-state index in [-0.39, 0.29) is 0 Å². The van der Waals surface area contributed by atoms with E-state index in [0.717, 1.165) is 142 Å². The van der Waals surface area contributed by atoms with E-state index in [0.29, 0.717) is 0 Å². The minimum atomic E-state index is 0.889. The van der Waals surface area contributed by atoms with E-state index in [4.69, 9.17) is 0 Å². The summed E-state index contributed by atoms with van der Waals surface area (Å²) in [5.41, 5.74) is 0. The van der Waals surface area contributed by atoms with Gasteiger partial charge in [-0.15, -0.1) is 0 Å². The quantitative estimate of drug-likeness (QED) is 0.171. The van der Waals surface area contributed by atoms with Gasteiger partial charge in [-0.2, -0.15) is 0 Å². The molecule has 0 saturated heterocycles. The summed E-state index contributed by atoms with van der Waals surface area (Å²) in [5.74, 6) is 23.1. The lowest BCUT2D eigenvalue weighted by Gasteiger charge is -2.42. The molecule has 6 saturated carbocycles. The fourth-order valence-electron chi connectivity index (χ4n) is 15.7. The van der Waals surface area contributed by atoms with Crippen LogP contribution in [0.1, 0.15) is 301 Å². The molecule has 0 heterocycles. The Morgan fingerprint density at radius 2 is 0.275 bits per heavy atom. The van der Waals surface area contributed by atoms with Crippen molar-refractivity contribution in [1.82, 2.24) is 0 Å².